The number of imide groups is 1. The number of hydroxylamine groups is 2. The van der Waals surface area contributed by atoms with Crippen molar-refractivity contribution in [3.05, 3.63) is 0 Å². The lowest BCUT2D eigenvalue weighted by atomic mass is 9.79. The standard InChI is InChI=1S/C18H26N2O6/c1-18(2,3)25-17(24)19-9-12-10-4-5-11(8-10)15(12)16(23)26-20-13(21)6-7-14(20)22/h10-12,15H,4-9H2,1-3H3,(H,19,24)/t10-,11+,12+,15+/m1/s1. The van der Waals surface area contributed by atoms with Crippen molar-refractivity contribution >= 4 is 23.9 Å². The van der Waals surface area contributed by atoms with Crippen LogP contribution in [0.1, 0.15) is 52.9 Å². The molecule has 1 N–H and O–H groups in total. The van der Waals surface area contributed by atoms with Gasteiger partial charge in [-0.3, -0.25) is 9.59 Å². The van der Waals surface area contributed by atoms with Gasteiger partial charge in [0.1, 0.15) is 5.60 Å². The molecule has 2 aliphatic carbocycles. The zero-order valence-electron chi connectivity index (χ0n) is 15.4. The summed E-state index contributed by atoms with van der Waals surface area (Å²) >= 11 is 0. The van der Waals surface area contributed by atoms with Crippen LogP contribution in [0.3, 0.4) is 0 Å². The minimum atomic E-state index is -0.590. The predicted molar refractivity (Wildman–Crippen MR) is 89.2 cm³/mol. The summed E-state index contributed by atoms with van der Waals surface area (Å²) in [5.41, 5.74) is -0.590. The summed E-state index contributed by atoms with van der Waals surface area (Å²) < 4.78 is 5.25. The SMILES string of the molecule is CC(C)(C)OC(=O)NC[C@H]1[C@@H]2CC[C@@H](C2)[C@@H]1C(=O)ON1C(=O)CCC1=O. The second-order valence-electron chi connectivity index (χ2n) is 8.40. The van der Waals surface area contributed by atoms with Gasteiger partial charge < -0.3 is 14.9 Å². The highest BCUT2D eigenvalue weighted by atomic mass is 16.7. The fourth-order valence-electron chi connectivity index (χ4n) is 4.40. The fourth-order valence-corrected chi connectivity index (χ4v) is 4.40. The molecule has 0 aromatic carbocycles. The largest absolute Gasteiger partial charge is 0.444 e. The number of nitrogens with zero attached hydrogens (tertiary/aromatic N) is 1. The molecular formula is C18H26N2O6. The molecule has 3 fully saturated rings. The quantitative estimate of drug-likeness (QED) is 0.761. The highest BCUT2D eigenvalue weighted by molar-refractivity contribution is 6.01. The van der Waals surface area contributed by atoms with Crippen LogP contribution in [0.2, 0.25) is 0 Å². The fraction of sp³-hybridized carbons (Fsp3) is 0.778. The average Bonchev–Trinajstić information content (AvgIpc) is 3.21. The monoisotopic (exact) mass is 366 g/mol. The first-order valence-electron chi connectivity index (χ1n) is 9.20. The number of alkyl carbamates (subject to hydrolysis) is 1. The molecule has 0 unspecified atom stereocenters. The van der Waals surface area contributed by atoms with Crippen LogP contribution >= 0.6 is 0 Å². The van der Waals surface area contributed by atoms with Crippen LogP contribution in [0.25, 0.3) is 0 Å². The number of fused-ring (bicyclic) bond motifs is 2. The smallest absolute Gasteiger partial charge is 0.407 e. The molecule has 2 saturated carbocycles. The Hall–Kier alpha value is -2.12. The molecule has 4 atom stereocenters. The Bertz CT molecular complexity index is 610. The summed E-state index contributed by atoms with van der Waals surface area (Å²) in [6, 6.07) is 0. The van der Waals surface area contributed by atoms with E-state index in [-0.39, 0.29) is 24.7 Å². The second kappa shape index (κ2) is 6.89. The summed E-state index contributed by atoms with van der Waals surface area (Å²) in [5, 5.41) is 3.35. The molecule has 26 heavy (non-hydrogen) atoms. The Morgan fingerprint density at radius 2 is 1.73 bits per heavy atom. The molecule has 0 aromatic rings. The number of nitrogens with one attached hydrogen (secondary N) is 1. The van der Waals surface area contributed by atoms with E-state index >= 15 is 0 Å². The van der Waals surface area contributed by atoms with Crippen LogP contribution in [0, 0.1) is 23.7 Å². The van der Waals surface area contributed by atoms with Crippen molar-refractivity contribution in [2.75, 3.05) is 6.54 Å². The third-order valence-corrected chi connectivity index (χ3v) is 5.43. The van der Waals surface area contributed by atoms with Crippen LogP contribution in [0.15, 0.2) is 0 Å². The van der Waals surface area contributed by atoms with Crippen molar-refractivity contribution in [2.24, 2.45) is 23.7 Å². The zero-order valence-corrected chi connectivity index (χ0v) is 15.4. The topological polar surface area (TPSA) is 102 Å². The molecule has 144 valence electrons. The summed E-state index contributed by atoms with van der Waals surface area (Å²) in [7, 11) is 0. The summed E-state index contributed by atoms with van der Waals surface area (Å²) in [6.07, 6.45) is 2.48. The minimum Gasteiger partial charge on any atom is -0.444 e. The molecule has 3 rings (SSSR count). The molecule has 3 amide bonds. The zero-order chi connectivity index (χ0) is 19.1. The van der Waals surface area contributed by atoms with Crippen LogP contribution in [-0.2, 0) is 24.0 Å². The van der Waals surface area contributed by atoms with Crippen LogP contribution in [0.5, 0.6) is 0 Å². The van der Waals surface area contributed by atoms with E-state index in [1.54, 1.807) is 20.8 Å². The third kappa shape index (κ3) is 3.83. The van der Waals surface area contributed by atoms with E-state index in [9.17, 15) is 19.2 Å². The van der Waals surface area contributed by atoms with Crippen molar-refractivity contribution in [2.45, 2.75) is 58.5 Å². The van der Waals surface area contributed by atoms with E-state index in [2.05, 4.69) is 5.32 Å². The first-order chi connectivity index (χ1) is 12.2. The number of amides is 3. The molecule has 3 aliphatic rings. The summed E-state index contributed by atoms with van der Waals surface area (Å²) in [6.45, 7) is 5.68. The van der Waals surface area contributed by atoms with Crippen LogP contribution < -0.4 is 5.32 Å². The predicted octanol–water partition coefficient (Wildman–Crippen LogP) is 1.78. The van der Waals surface area contributed by atoms with E-state index in [1.165, 1.54) is 0 Å². The number of hydrogen-bond donors (Lipinski definition) is 1. The molecule has 2 bridgehead atoms. The van der Waals surface area contributed by atoms with Gasteiger partial charge in [-0.1, -0.05) is 0 Å². The van der Waals surface area contributed by atoms with E-state index in [1.807, 2.05) is 0 Å². The van der Waals surface area contributed by atoms with Gasteiger partial charge in [-0.15, -0.1) is 5.06 Å². The van der Waals surface area contributed by atoms with Gasteiger partial charge in [0.05, 0.1) is 5.92 Å². The van der Waals surface area contributed by atoms with Crippen molar-refractivity contribution in [1.82, 2.24) is 10.4 Å². The van der Waals surface area contributed by atoms with Crippen molar-refractivity contribution in [1.29, 1.82) is 0 Å². The molecule has 0 spiro atoms. The number of carbonyl (C=O) groups excluding carboxylic acids is 4. The highest BCUT2D eigenvalue weighted by Crippen LogP contribution is 2.52. The molecule has 1 saturated heterocycles. The van der Waals surface area contributed by atoms with Crippen molar-refractivity contribution in [3.63, 3.8) is 0 Å². The van der Waals surface area contributed by atoms with Gasteiger partial charge >= 0.3 is 12.1 Å². The lowest BCUT2D eigenvalue weighted by Crippen LogP contribution is -2.43. The van der Waals surface area contributed by atoms with Gasteiger partial charge in [0.25, 0.3) is 11.8 Å². The lowest BCUT2D eigenvalue weighted by Gasteiger charge is -2.30. The van der Waals surface area contributed by atoms with E-state index in [0.29, 0.717) is 17.5 Å². The lowest BCUT2D eigenvalue weighted by molar-refractivity contribution is -0.203. The number of ether oxygens (including phenoxy) is 1. The maximum absolute atomic E-state index is 12.7. The maximum atomic E-state index is 12.7. The van der Waals surface area contributed by atoms with Crippen LogP contribution in [-0.4, -0.2) is 41.1 Å². The molecule has 1 aliphatic heterocycles. The van der Waals surface area contributed by atoms with Gasteiger partial charge in [-0.2, -0.15) is 0 Å². The van der Waals surface area contributed by atoms with Gasteiger partial charge in [0, 0.05) is 19.4 Å². The van der Waals surface area contributed by atoms with Crippen molar-refractivity contribution < 1.29 is 28.8 Å². The summed E-state index contributed by atoms with van der Waals surface area (Å²) in [5.74, 6) is -1.48. The van der Waals surface area contributed by atoms with Crippen molar-refractivity contribution in [3.8, 4) is 0 Å². The Morgan fingerprint density at radius 3 is 2.35 bits per heavy atom. The number of rotatable bonds is 4. The van der Waals surface area contributed by atoms with Gasteiger partial charge in [-0.05, 0) is 57.8 Å². The second-order valence-corrected chi connectivity index (χ2v) is 8.40. The average molecular weight is 366 g/mol. The molecule has 8 nitrogen and oxygen atoms in total. The number of hydrogen-bond acceptors (Lipinski definition) is 6. The Kier molecular flexibility index (Phi) is 4.94. The number of carbonyl (C=O) groups is 4. The third-order valence-electron chi connectivity index (χ3n) is 5.43. The van der Waals surface area contributed by atoms with E-state index in [0.717, 1.165) is 19.3 Å². The van der Waals surface area contributed by atoms with Crippen LogP contribution in [0.4, 0.5) is 4.79 Å². The summed E-state index contributed by atoms with van der Waals surface area (Å²) in [4.78, 5) is 53.1. The highest BCUT2D eigenvalue weighted by Gasteiger charge is 2.52. The van der Waals surface area contributed by atoms with Gasteiger partial charge in [0.15, 0.2) is 0 Å². The van der Waals surface area contributed by atoms with E-state index in [4.69, 9.17) is 9.57 Å². The Balaban J connectivity index is 1.61. The van der Waals surface area contributed by atoms with E-state index < -0.39 is 35.4 Å². The first kappa shape index (κ1) is 18.7. The molecule has 1 heterocycles. The Labute approximate surface area is 152 Å². The van der Waals surface area contributed by atoms with Gasteiger partial charge in [0.2, 0.25) is 0 Å². The molecule has 0 radical (unpaired) electrons. The molecule has 0 aromatic heterocycles. The normalized spacial score (nSPS) is 30.7. The molecule has 8 heteroatoms. The molecular weight excluding hydrogens is 340 g/mol. The minimum absolute atomic E-state index is 0.0680. The Morgan fingerprint density at radius 1 is 1.12 bits per heavy atom. The maximum Gasteiger partial charge on any atom is 0.407 e. The first-order valence-corrected chi connectivity index (χ1v) is 9.20. The van der Waals surface area contributed by atoms with Gasteiger partial charge in [-0.25, -0.2) is 9.59 Å².